The maximum Gasteiger partial charge on any atom is 0.499 e. The number of hydrogen-bond acceptors (Lipinski definition) is 5. The molecule has 2 aliphatic carbocycles. The molecule has 0 spiro atoms. The highest BCUT2D eigenvalue weighted by Crippen LogP contribution is 2.41. The summed E-state index contributed by atoms with van der Waals surface area (Å²) in [5.74, 6) is 2.14. The summed E-state index contributed by atoms with van der Waals surface area (Å²) in [6.07, 6.45) is 3.15. The standard InChI is InChI=1S/C20H30O.C18H19F5N2O.C3H8.CH5N.CH4/c1-5-7-16-8-6-9-17(21)13-19(16)20-12-15(4)10-11-18(20)14(2)3;1-3-16(13-6-4-12(2)5-7-13)25-24-14-8-10-15(11-9-14)26-18(22,23)17(19,20)21;1-3-2;1-2;/h10-12,14,16,19H,5-9,13H2,1-4H3;3,6,8-12,24H,1,4-5,7H2,2H3;3H2,1-2H3;2H2,1H3;1H4/b;25-16+;;;/t16-,19?;;;;/m0..../s1. The molecule has 1 fully saturated rings. The van der Waals surface area contributed by atoms with E-state index in [4.69, 9.17) is 0 Å². The second-order valence-electron chi connectivity index (χ2n) is 13.8. The molecule has 0 aliphatic heterocycles. The van der Waals surface area contributed by atoms with Crippen LogP contribution in [0.15, 0.2) is 71.9 Å². The number of benzene rings is 2. The minimum absolute atomic E-state index is 0. The normalized spacial score (nSPS) is 19.0. The van der Waals surface area contributed by atoms with Crippen LogP contribution in [0.5, 0.6) is 5.75 Å². The van der Waals surface area contributed by atoms with Gasteiger partial charge in [0.25, 0.3) is 0 Å². The van der Waals surface area contributed by atoms with Crippen LogP contribution in [-0.2, 0) is 4.79 Å². The Morgan fingerprint density at radius 2 is 1.66 bits per heavy atom. The van der Waals surface area contributed by atoms with Crippen molar-refractivity contribution in [2.75, 3.05) is 12.5 Å². The van der Waals surface area contributed by atoms with Gasteiger partial charge in [-0.1, -0.05) is 105 Å². The van der Waals surface area contributed by atoms with Crippen LogP contribution in [0.3, 0.4) is 0 Å². The van der Waals surface area contributed by atoms with E-state index in [0.717, 1.165) is 56.2 Å². The SMILES string of the molecule is C.C=C/C(=N\Nc1ccc(OC(F)(F)C(F)(F)F)cc1)C1=CCC(C)CC1.CCC.CCC[C@H]1CCCC(=O)CC1c1cc(C)ccc1C(C)C.CN. The van der Waals surface area contributed by atoms with Crippen LogP contribution < -0.4 is 15.9 Å². The van der Waals surface area contributed by atoms with Gasteiger partial charge in [-0.3, -0.25) is 10.2 Å². The molecule has 0 amide bonds. The summed E-state index contributed by atoms with van der Waals surface area (Å²) in [5, 5.41) is 4.22. The van der Waals surface area contributed by atoms with E-state index in [1.165, 1.54) is 61.6 Å². The predicted molar refractivity (Wildman–Crippen MR) is 213 cm³/mol. The molecule has 5 nitrogen and oxygen atoms in total. The van der Waals surface area contributed by atoms with Gasteiger partial charge in [0, 0.05) is 12.8 Å². The van der Waals surface area contributed by atoms with E-state index in [1.54, 1.807) is 6.08 Å². The van der Waals surface area contributed by atoms with Gasteiger partial charge in [-0.25, -0.2) is 0 Å². The molecule has 0 saturated heterocycles. The zero-order valence-corrected chi connectivity index (χ0v) is 32.5. The first kappa shape index (κ1) is 49.5. The summed E-state index contributed by atoms with van der Waals surface area (Å²) in [6.45, 7) is 19.1. The Balaban J connectivity index is 0.000000908. The number of allylic oxidation sites excluding steroid dienone is 3. The number of halogens is 5. The van der Waals surface area contributed by atoms with Crippen LogP contribution in [-0.4, -0.2) is 30.8 Å². The minimum Gasteiger partial charge on any atom is -0.426 e. The van der Waals surface area contributed by atoms with Gasteiger partial charge in [-0.05, 0) is 117 Å². The van der Waals surface area contributed by atoms with Gasteiger partial charge in [0.05, 0.1) is 11.4 Å². The topological polar surface area (TPSA) is 76.7 Å². The fourth-order valence-corrected chi connectivity index (χ4v) is 6.27. The third-order valence-corrected chi connectivity index (χ3v) is 8.90. The van der Waals surface area contributed by atoms with Gasteiger partial charge in [-0.2, -0.15) is 27.1 Å². The molecule has 1 saturated carbocycles. The van der Waals surface area contributed by atoms with Crippen LogP contribution in [0.4, 0.5) is 27.6 Å². The molecule has 2 aromatic carbocycles. The van der Waals surface area contributed by atoms with Gasteiger partial charge in [0.1, 0.15) is 11.5 Å². The van der Waals surface area contributed by atoms with Crippen LogP contribution in [0.2, 0.25) is 0 Å². The summed E-state index contributed by atoms with van der Waals surface area (Å²) in [7, 11) is 1.50. The number of hydrazone groups is 1. The molecule has 2 aliphatic rings. The highest BCUT2D eigenvalue weighted by molar-refractivity contribution is 6.08. The quantitative estimate of drug-likeness (QED) is 0.110. The van der Waals surface area contributed by atoms with E-state index < -0.39 is 18.0 Å². The first-order valence-corrected chi connectivity index (χ1v) is 18.7. The van der Waals surface area contributed by atoms with E-state index >= 15 is 0 Å². The fourth-order valence-electron chi connectivity index (χ4n) is 6.27. The van der Waals surface area contributed by atoms with Gasteiger partial charge < -0.3 is 10.5 Å². The molecule has 0 bridgehead atoms. The number of nitrogens with two attached hydrogens (primary N) is 1. The first-order chi connectivity index (χ1) is 24.6. The molecule has 0 radical (unpaired) electrons. The lowest BCUT2D eigenvalue weighted by atomic mass is 9.76. The molecule has 4 rings (SSSR count). The zero-order valence-electron chi connectivity index (χ0n) is 32.5. The van der Waals surface area contributed by atoms with E-state index in [0.29, 0.717) is 40.9 Å². The number of ether oxygens (including phenoxy) is 1. The molecule has 53 heavy (non-hydrogen) atoms. The lowest BCUT2D eigenvalue weighted by Crippen LogP contribution is -2.41. The van der Waals surface area contributed by atoms with Gasteiger partial charge in [-0.15, -0.1) is 0 Å². The number of Topliss-reactive ketones (excluding diaryl/α,β-unsaturated/α-hetero) is 1. The van der Waals surface area contributed by atoms with Crippen molar-refractivity contribution in [3.63, 3.8) is 0 Å². The second-order valence-corrected chi connectivity index (χ2v) is 13.8. The van der Waals surface area contributed by atoms with E-state index in [9.17, 15) is 26.7 Å². The Morgan fingerprint density at radius 1 is 1.04 bits per heavy atom. The van der Waals surface area contributed by atoms with Gasteiger partial charge in [0.2, 0.25) is 0 Å². The lowest BCUT2D eigenvalue weighted by Gasteiger charge is -2.28. The van der Waals surface area contributed by atoms with Gasteiger partial charge >= 0.3 is 12.3 Å². The van der Waals surface area contributed by atoms with Crippen LogP contribution >= 0.6 is 0 Å². The molecule has 0 heterocycles. The Morgan fingerprint density at radius 3 is 2.17 bits per heavy atom. The molecule has 2 unspecified atom stereocenters. The summed E-state index contributed by atoms with van der Waals surface area (Å²) in [4.78, 5) is 12.2. The summed E-state index contributed by atoms with van der Waals surface area (Å²) < 4.78 is 65.8. The number of carbonyl (C=O) groups is 1. The third-order valence-electron chi connectivity index (χ3n) is 8.90. The second kappa shape index (κ2) is 24.7. The number of ketones is 1. The van der Waals surface area contributed by atoms with Crippen LogP contribution in [0, 0.1) is 18.8 Å². The highest BCUT2D eigenvalue weighted by Gasteiger charge is 2.61. The number of hydrogen-bond donors (Lipinski definition) is 2. The minimum atomic E-state index is -5.78. The van der Waals surface area contributed by atoms with Gasteiger partial charge in [0.15, 0.2) is 0 Å². The molecular formula is C43H66F5N3O2. The Bertz CT molecular complexity index is 1420. The average Bonchev–Trinajstić information content (AvgIpc) is 3.28. The lowest BCUT2D eigenvalue weighted by molar-refractivity contribution is -0.360. The molecular weight excluding hydrogens is 685 g/mol. The monoisotopic (exact) mass is 752 g/mol. The Hall–Kier alpha value is -3.53. The van der Waals surface area contributed by atoms with Crippen molar-refractivity contribution in [2.24, 2.45) is 22.7 Å². The number of rotatable bonds is 10. The Labute approximate surface area is 316 Å². The van der Waals surface area contributed by atoms with E-state index in [-0.39, 0.29) is 7.43 Å². The molecule has 300 valence electrons. The highest BCUT2D eigenvalue weighted by atomic mass is 19.4. The molecule has 0 aromatic heterocycles. The number of alkyl halides is 5. The molecule has 3 atom stereocenters. The van der Waals surface area contributed by atoms with E-state index in [1.807, 2.05) is 0 Å². The van der Waals surface area contributed by atoms with Crippen molar-refractivity contribution >= 4 is 17.2 Å². The van der Waals surface area contributed by atoms with Crippen molar-refractivity contribution in [3.8, 4) is 5.75 Å². The molecule has 2 aromatic rings. The number of nitrogens with zero attached hydrogens (tertiary/aromatic N) is 1. The number of nitrogens with one attached hydrogen (secondary N) is 1. The van der Waals surface area contributed by atoms with Crippen molar-refractivity contribution in [2.45, 2.75) is 144 Å². The first-order valence-electron chi connectivity index (χ1n) is 18.7. The maximum absolute atomic E-state index is 12.8. The fraction of sp³-hybridized carbons (Fsp3) is 0.581. The zero-order chi connectivity index (χ0) is 39.5. The van der Waals surface area contributed by atoms with Crippen LogP contribution in [0.25, 0.3) is 0 Å². The number of carbonyl (C=O) groups excluding carboxylic acids is 1. The average molecular weight is 752 g/mol. The molecule has 3 N–H and O–H groups in total. The number of aryl methyl sites for hydroxylation is 1. The predicted octanol–water partition coefficient (Wildman–Crippen LogP) is 13.3. The van der Waals surface area contributed by atoms with Crippen molar-refractivity contribution in [1.29, 1.82) is 0 Å². The van der Waals surface area contributed by atoms with Crippen molar-refractivity contribution < 1.29 is 31.5 Å². The summed E-state index contributed by atoms with van der Waals surface area (Å²) in [6, 6.07) is 11.5. The van der Waals surface area contributed by atoms with E-state index in [2.05, 4.69) is 100 Å². The van der Waals surface area contributed by atoms with Crippen molar-refractivity contribution in [3.05, 3.63) is 83.5 Å². The van der Waals surface area contributed by atoms with Crippen LogP contribution in [0.1, 0.15) is 142 Å². The maximum atomic E-state index is 12.8. The Kier molecular flexibility index (Phi) is 23.1. The smallest absolute Gasteiger partial charge is 0.426 e. The summed E-state index contributed by atoms with van der Waals surface area (Å²) >= 11 is 0. The molecule has 10 heteroatoms. The third kappa shape index (κ3) is 16.6. The largest absolute Gasteiger partial charge is 0.499 e. The summed E-state index contributed by atoms with van der Waals surface area (Å²) in [5.41, 5.74) is 13.6. The van der Waals surface area contributed by atoms with Crippen molar-refractivity contribution in [1.82, 2.24) is 0 Å². The number of anilines is 1.